The lowest BCUT2D eigenvalue weighted by Crippen LogP contribution is -2.23. The SMILES string of the molecule is CNS(=O)(=O)CCC(=O)O.Cl. The molecule has 0 saturated carbocycles. The van der Waals surface area contributed by atoms with Crippen LogP contribution < -0.4 is 4.72 Å². The Labute approximate surface area is 71.3 Å². The summed E-state index contributed by atoms with van der Waals surface area (Å²) < 4.78 is 23.1. The van der Waals surface area contributed by atoms with Gasteiger partial charge in [0, 0.05) is 0 Å². The van der Waals surface area contributed by atoms with Gasteiger partial charge in [-0.05, 0) is 7.05 Å². The third kappa shape index (κ3) is 7.57. The van der Waals surface area contributed by atoms with Crippen molar-refractivity contribution in [1.29, 1.82) is 0 Å². The van der Waals surface area contributed by atoms with Crippen LogP contribution in [0.15, 0.2) is 0 Å². The van der Waals surface area contributed by atoms with Gasteiger partial charge in [0.2, 0.25) is 10.0 Å². The highest BCUT2D eigenvalue weighted by Gasteiger charge is 2.08. The van der Waals surface area contributed by atoms with Gasteiger partial charge < -0.3 is 5.11 Å². The molecule has 0 unspecified atom stereocenters. The van der Waals surface area contributed by atoms with E-state index in [-0.39, 0.29) is 24.6 Å². The average Bonchev–Trinajstić information content (AvgIpc) is 1.85. The Balaban J connectivity index is 0. The van der Waals surface area contributed by atoms with Crippen molar-refractivity contribution in [2.45, 2.75) is 6.42 Å². The van der Waals surface area contributed by atoms with E-state index in [0.717, 1.165) is 0 Å². The second kappa shape index (κ2) is 5.34. The standard InChI is InChI=1S/C4H9NO4S.ClH/c1-5-10(8,9)3-2-4(6)7;/h5H,2-3H2,1H3,(H,6,7);1H. The fourth-order valence-corrected chi connectivity index (χ4v) is 0.971. The number of halogens is 1. The normalized spacial score (nSPS) is 10.3. The minimum atomic E-state index is -3.35. The van der Waals surface area contributed by atoms with Crippen molar-refractivity contribution in [2.24, 2.45) is 0 Å². The second-order valence-corrected chi connectivity index (χ2v) is 3.71. The van der Waals surface area contributed by atoms with E-state index >= 15 is 0 Å². The first-order chi connectivity index (χ1) is 4.48. The number of nitrogens with one attached hydrogen (secondary N) is 1. The van der Waals surface area contributed by atoms with Gasteiger partial charge in [-0.3, -0.25) is 4.79 Å². The summed E-state index contributed by atoms with van der Waals surface area (Å²) in [6.45, 7) is 0. The molecule has 0 atom stereocenters. The van der Waals surface area contributed by atoms with Gasteiger partial charge >= 0.3 is 5.97 Å². The average molecular weight is 204 g/mol. The summed E-state index contributed by atoms with van der Waals surface area (Å²) in [6.07, 6.45) is -0.358. The molecule has 0 aromatic rings. The first kappa shape index (κ1) is 13.3. The molecular formula is C4H10ClNO4S. The van der Waals surface area contributed by atoms with Crippen molar-refractivity contribution in [1.82, 2.24) is 4.72 Å². The fourth-order valence-electron chi connectivity index (χ4n) is 0.324. The van der Waals surface area contributed by atoms with Crippen molar-refractivity contribution in [3.05, 3.63) is 0 Å². The monoisotopic (exact) mass is 203 g/mol. The highest BCUT2D eigenvalue weighted by Crippen LogP contribution is 1.86. The smallest absolute Gasteiger partial charge is 0.304 e. The highest BCUT2D eigenvalue weighted by atomic mass is 35.5. The van der Waals surface area contributed by atoms with Gasteiger partial charge in [0.15, 0.2) is 0 Å². The molecule has 0 aliphatic rings. The van der Waals surface area contributed by atoms with Crippen LogP contribution in [0.25, 0.3) is 0 Å². The largest absolute Gasteiger partial charge is 0.481 e. The summed E-state index contributed by atoms with van der Waals surface area (Å²) in [5.41, 5.74) is 0. The highest BCUT2D eigenvalue weighted by molar-refractivity contribution is 7.89. The molecule has 68 valence electrons. The van der Waals surface area contributed by atoms with E-state index in [9.17, 15) is 13.2 Å². The third-order valence-corrected chi connectivity index (χ3v) is 2.26. The van der Waals surface area contributed by atoms with Crippen LogP contribution in [0.1, 0.15) is 6.42 Å². The zero-order valence-electron chi connectivity index (χ0n) is 5.90. The fraction of sp³-hybridized carbons (Fsp3) is 0.750. The van der Waals surface area contributed by atoms with Crippen molar-refractivity contribution >= 4 is 28.4 Å². The van der Waals surface area contributed by atoms with E-state index in [4.69, 9.17) is 5.11 Å². The molecule has 2 N–H and O–H groups in total. The van der Waals surface area contributed by atoms with E-state index in [2.05, 4.69) is 0 Å². The molecule has 11 heavy (non-hydrogen) atoms. The van der Waals surface area contributed by atoms with Gasteiger partial charge in [0.05, 0.1) is 12.2 Å². The van der Waals surface area contributed by atoms with Crippen LogP contribution in [0, 0.1) is 0 Å². The number of hydrogen-bond acceptors (Lipinski definition) is 3. The summed E-state index contributed by atoms with van der Waals surface area (Å²) in [6, 6.07) is 0. The molecule has 0 heterocycles. The van der Waals surface area contributed by atoms with E-state index in [1.165, 1.54) is 7.05 Å². The summed E-state index contributed by atoms with van der Waals surface area (Å²) in [5.74, 6) is -1.47. The van der Waals surface area contributed by atoms with Gasteiger partial charge in [-0.15, -0.1) is 12.4 Å². The molecule has 0 aromatic carbocycles. The Morgan fingerprint density at radius 2 is 2.00 bits per heavy atom. The van der Waals surface area contributed by atoms with Crippen LogP contribution in [-0.2, 0) is 14.8 Å². The first-order valence-corrected chi connectivity index (χ1v) is 4.26. The molecule has 0 bridgehead atoms. The number of carboxylic acids is 1. The number of carboxylic acid groups (broad SMARTS) is 1. The zero-order chi connectivity index (χ0) is 8.20. The molecule has 5 nitrogen and oxygen atoms in total. The lowest BCUT2D eigenvalue weighted by Gasteiger charge is -1.97. The lowest BCUT2D eigenvalue weighted by molar-refractivity contribution is -0.136. The van der Waals surface area contributed by atoms with E-state index in [1.807, 2.05) is 4.72 Å². The number of sulfonamides is 1. The van der Waals surface area contributed by atoms with Crippen molar-refractivity contribution in [3.8, 4) is 0 Å². The van der Waals surface area contributed by atoms with Crippen LogP contribution in [0.4, 0.5) is 0 Å². The maximum Gasteiger partial charge on any atom is 0.304 e. The van der Waals surface area contributed by atoms with Crippen LogP contribution in [-0.4, -0.2) is 32.3 Å². The Kier molecular flexibility index (Phi) is 6.44. The minimum absolute atomic E-state index is 0. The molecule has 0 radical (unpaired) electrons. The summed E-state index contributed by atoms with van der Waals surface area (Å²) in [5, 5.41) is 8.08. The third-order valence-electron chi connectivity index (χ3n) is 0.896. The summed E-state index contributed by atoms with van der Waals surface area (Å²) in [7, 11) is -2.10. The molecule has 0 aromatic heterocycles. The molecule has 0 aliphatic heterocycles. The Bertz CT molecular complexity index is 212. The van der Waals surface area contributed by atoms with E-state index in [0.29, 0.717) is 0 Å². The summed E-state index contributed by atoms with van der Waals surface area (Å²) in [4.78, 5) is 9.87. The maximum atomic E-state index is 10.5. The van der Waals surface area contributed by atoms with Gasteiger partial charge in [-0.2, -0.15) is 0 Å². The topological polar surface area (TPSA) is 83.5 Å². The lowest BCUT2D eigenvalue weighted by atomic mass is 10.5. The molecule has 0 spiro atoms. The van der Waals surface area contributed by atoms with Crippen LogP contribution >= 0.6 is 12.4 Å². The van der Waals surface area contributed by atoms with Crippen LogP contribution in [0.3, 0.4) is 0 Å². The minimum Gasteiger partial charge on any atom is -0.481 e. The van der Waals surface area contributed by atoms with Gasteiger partial charge in [-0.25, -0.2) is 13.1 Å². The van der Waals surface area contributed by atoms with Crippen molar-refractivity contribution < 1.29 is 18.3 Å². The predicted molar refractivity (Wildman–Crippen MR) is 42.3 cm³/mol. The van der Waals surface area contributed by atoms with E-state index < -0.39 is 16.0 Å². The van der Waals surface area contributed by atoms with E-state index in [1.54, 1.807) is 0 Å². The Hall–Kier alpha value is -0.330. The molecular weight excluding hydrogens is 194 g/mol. The van der Waals surface area contributed by atoms with Gasteiger partial charge in [0.1, 0.15) is 0 Å². The number of carbonyl (C=O) groups is 1. The first-order valence-electron chi connectivity index (χ1n) is 2.61. The molecule has 0 rings (SSSR count). The molecule has 7 heteroatoms. The van der Waals surface area contributed by atoms with Gasteiger partial charge in [0.25, 0.3) is 0 Å². The quantitative estimate of drug-likeness (QED) is 0.641. The molecule has 0 fully saturated rings. The molecule has 0 amide bonds. The van der Waals surface area contributed by atoms with Crippen molar-refractivity contribution in [3.63, 3.8) is 0 Å². The predicted octanol–water partition coefficient (Wildman–Crippen LogP) is -0.568. The number of aliphatic carboxylic acids is 1. The number of rotatable bonds is 4. The Morgan fingerprint density at radius 1 is 1.55 bits per heavy atom. The van der Waals surface area contributed by atoms with Crippen molar-refractivity contribution in [2.75, 3.05) is 12.8 Å². The molecule has 0 aliphatic carbocycles. The zero-order valence-corrected chi connectivity index (χ0v) is 7.54. The van der Waals surface area contributed by atoms with Crippen LogP contribution in [0.5, 0.6) is 0 Å². The van der Waals surface area contributed by atoms with Gasteiger partial charge in [-0.1, -0.05) is 0 Å². The van der Waals surface area contributed by atoms with Crippen LogP contribution in [0.2, 0.25) is 0 Å². The number of hydrogen-bond donors (Lipinski definition) is 2. The second-order valence-electron chi connectivity index (χ2n) is 1.67. The summed E-state index contributed by atoms with van der Waals surface area (Å²) >= 11 is 0. The Morgan fingerprint density at radius 3 is 2.27 bits per heavy atom. The molecule has 0 saturated heterocycles. The maximum absolute atomic E-state index is 10.5.